The van der Waals surface area contributed by atoms with Crippen LogP contribution in [0.4, 0.5) is 11.4 Å². The van der Waals surface area contributed by atoms with Crippen LogP contribution in [0.3, 0.4) is 0 Å². The molecule has 2 heterocycles. The molecule has 2 aliphatic heterocycles. The molecule has 0 saturated carbocycles. The summed E-state index contributed by atoms with van der Waals surface area (Å²) in [7, 11) is 0. The standard InChI is InChI=1S/C14H20N4O2/c15-13-4-3-11(8-14(13)18(19)20)9-16-6-7-17-5-1-2-12(17)10-16/h3-4,8,12H,1-2,5-7,9-10,15H2. The Balaban J connectivity index is 1.68. The highest BCUT2D eigenvalue weighted by atomic mass is 16.6. The molecular weight excluding hydrogens is 256 g/mol. The molecule has 108 valence electrons. The van der Waals surface area contributed by atoms with E-state index in [0.29, 0.717) is 6.04 Å². The lowest BCUT2D eigenvalue weighted by Crippen LogP contribution is -2.49. The van der Waals surface area contributed by atoms with Crippen LogP contribution in [0.2, 0.25) is 0 Å². The van der Waals surface area contributed by atoms with Gasteiger partial charge in [0.2, 0.25) is 0 Å². The van der Waals surface area contributed by atoms with Crippen molar-refractivity contribution in [2.75, 3.05) is 31.9 Å². The van der Waals surface area contributed by atoms with Gasteiger partial charge in [-0.2, -0.15) is 0 Å². The minimum atomic E-state index is -0.409. The van der Waals surface area contributed by atoms with Crippen LogP contribution in [0.5, 0.6) is 0 Å². The quantitative estimate of drug-likeness (QED) is 0.514. The molecule has 0 radical (unpaired) electrons. The summed E-state index contributed by atoms with van der Waals surface area (Å²) in [5, 5.41) is 10.9. The van der Waals surface area contributed by atoms with Gasteiger partial charge in [0.1, 0.15) is 5.69 Å². The Morgan fingerprint density at radius 2 is 2.20 bits per heavy atom. The van der Waals surface area contributed by atoms with Gasteiger partial charge in [-0.25, -0.2) is 0 Å². The summed E-state index contributed by atoms with van der Waals surface area (Å²) in [6.07, 6.45) is 2.57. The van der Waals surface area contributed by atoms with E-state index in [1.165, 1.54) is 19.4 Å². The van der Waals surface area contributed by atoms with Crippen molar-refractivity contribution in [3.05, 3.63) is 33.9 Å². The monoisotopic (exact) mass is 276 g/mol. The molecule has 1 aromatic carbocycles. The van der Waals surface area contributed by atoms with E-state index in [-0.39, 0.29) is 11.4 Å². The molecule has 2 N–H and O–H groups in total. The van der Waals surface area contributed by atoms with E-state index in [1.807, 2.05) is 6.07 Å². The van der Waals surface area contributed by atoms with Crippen LogP contribution in [-0.2, 0) is 6.54 Å². The molecule has 2 aliphatic rings. The van der Waals surface area contributed by atoms with Crippen LogP contribution in [0.25, 0.3) is 0 Å². The molecular formula is C14H20N4O2. The summed E-state index contributed by atoms with van der Waals surface area (Å²) >= 11 is 0. The fourth-order valence-corrected chi connectivity index (χ4v) is 3.30. The second-order valence-corrected chi connectivity index (χ2v) is 5.72. The van der Waals surface area contributed by atoms with Crippen LogP contribution in [-0.4, -0.2) is 46.9 Å². The van der Waals surface area contributed by atoms with Crippen molar-refractivity contribution in [1.29, 1.82) is 0 Å². The van der Waals surface area contributed by atoms with E-state index in [4.69, 9.17) is 5.73 Å². The third-order valence-corrected chi connectivity index (χ3v) is 4.37. The van der Waals surface area contributed by atoms with Gasteiger partial charge in [-0.15, -0.1) is 0 Å². The Hall–Kier alpha value is -1.66. The number of nitro benzene ring substituents is 1. The van der Waals surface area contributed by atoms with Crippen molar-refractivity contribution >= 4 is 11.4 Å². The van der Waals surface area contributed by atoms with E-state index in [9.17, 15) is 10.1 Å². The molecule has 1 atom stereocenters. The smallest absolute Gasteiger partial charge is 0.292 e. The summed E-state index contributed by atoms with van der Waals surface area (Å²) in [4.78, 5) is 15.5. The van der Waals surface area contributed by atoms with E-state index in [2.05, 4.69) is 9.80 Å². The zero-order valence-corrected chi connectivity index (χ0v) is 11.5. The molecule has 2 fully saturated rings. The number of anilines is 1. The average Bonchev–Trinajstić information content (AvgIpc) is 2.88. The van der Waals surface area contributed by atoms with Crippen LogP contribution < -0.4 is 5.73 Å². The Bertz CT molecular complexity index is 520. The number of hydrogen-bond acceptors (Lipinski definition) is 5. The van der Waals surface area contributed by atoms with Crippen LogP contribution in [0.1, 0.15) is 18.4 Å². The molecule has 1 aromatic rings. The first kappa shape index (κ1) is 13.3. The summed E-state index contributed by atoms with van der Waals surface area (Å²) in [6, 6.07) is 5.81. The second-order valence-electron chi connectivity index (χ2n) is 5.72. The fraction of sp³-hybridized carbons (Fsp3) is 0.571. The van der Waals surface area contributed by atoms with Gasteiger partial charge in [-0.1, -0.05) is 6.07 Å². The van der Waals surface area contributed by atoms with E-state index in [0.717, 1.165) is 31.7 Å². The predicted molar refractivity (Wildman–Crippen MR) is 77.4 cm³/mol. The predicted octanol–water partition coefficient (Wildman–Crippen LogP) is 1.46. The number of nitrogens with two attached hydrogens (primary N) is 1. The molecule has 0 spiro atoms. The molecule has 0 aromatic heterocycles. The lowest BCUT2D eigenvalue weighted by molar-refractivity contribution is -0.384. The first-order valence-electron chi connectivity index (χ1n) is 7.12. The molecule has 0 amide bonds. The van der Waals surface area contributed by atoms with Gasteiger partial charge in [0.15, 0.2) is 0 Å². The number of piperazine rings is 1. The summed E-state index contributed by atoms with van der Waals surface area (Å²) < 4.78 is 0. The number of nitro groups is 1. The normalized spacial score (nSPS) is 23.7. The topological polar surface area (TPSA) is 75.6 Å². The van der Waals surface area contributed by atoms with Gasteiger partial charge in [0.25, 0.3) is 5.69 Å². The maximum Gasteiger partial charge on any atom is 0.292 e. The SMILES string of the molecule is Nc1ccc(CN2CCN3CCCC3C2)cc1[N+](=O)[O-]. The van der Waals surface area contributed by atoms with Crippen molar-refractivity contribution in [3.63, 3.8) is 0 Å². The Kier molecular flexibility index (Phi) is 3.58. The molecule has 20 heavy (non-hydrogen) atoms. The highest BCUT2D eigenvalue weighted by Crippen LogP contribution is 2.25. The Morgan fingerprint density at radius 3 is 3.00 bits per heavy atom. The van der Waals surface area contributed by atoms with Crippen LogP contribution in [0.15, 0.2) is 18.2 Å². The minimum absolute atomic E-state index is 0.0157. The van der Waals surface area contributed by atoms with Gasteiger partial charge in [-0.3, -0.25) is 19.9 Å². The molecule has 2 saturated heterocycles. The molecule has 3 rings (SSSR count). The lowest BCUT2D eigenvalue weighted by Gasteiger charge is -2.37. The van der Waals surface area contributed by atoms with Gasteiger partial charge in [-0.05, 0) is 31.0 Å². The average molecular weight is 276 g/mol. The lowest BCUT2D eigenvalue weighted by atomic mass is 10.1. The third-order valence-electron chi connectivity index (χ3n) is 4.37. The number of rotatable bonds is 3. The van der Waals surface area contributed by atoms with Crippen molar-refractivity contribution in [2.24, 2.45) is 0 Å². The summed E-state index contributed by atoms with van der Waals surface area (Å²) in [6.45, 7) is 5.21. The Labute approximate surface area is 118 Å². The maximum absolute atomic E-state index is 10.9. The van der Waals surface area contributed by atoms with Crippen molar-refractivity contribution in [2.45, 2.75) is 25.4 Å². The van der Waals surface area contributed by atoms with Crippen molar-refractivity contribution in [3.8, 4) is 0 Å². The number of nitrogen functional groups attached to an aromatic ring is 1. The summed E-state index contributed by atoms with van der Waals surface area (Å²) in [5.74, 6) is 0. The van der Waals surface area contributed by atoms with Crippen LogP contribution >= 0.6 is 0 Å². The summed E-state index contributed by atoms with van der Waals surface area (Å²) in [5.41, 5.74) is 6.85. The van der Waals surface area contributed by atoms with Crippen LogP contribution in [0, 0.1) is 10.1 Å². The van der Waals surface area contributed by atoms with E-state index in [1.54, 1.807) is 12.1 Å². The zero-order valence-electron chi connectivity index (χ0n) is 11.5. The maximum atomic E-state index is 10.9. The van der Waals surface area contributed by atoms with Gasteiger partial charge >= 0.3 is 0 Å². The van der Waals surface area contributed by atoms with Crippen molar-refractivity contribution in [1.82, 2.24) is 9.80 Å². The first-order valence-corrected chi connectivity index (χ1v) is 7.12. The van der Waals surface area contributed by atoms with Gasteiger partial charge in [0, 0.05) is 38.3 Å². The Morgan fingerprint density at radius 1 is 1.35 bits per heavy atom. The van der Waals surface area contributed by atoms with Gasteiger partial charge in [0.05, 0.1) is 4.92 Å². The molecule has 6 heteroatoms. The van der Waals surface area contributed by atoms with E-state index < -0.39 is 4.92 Å². The second kappa shape index (κ2) is 5.38. The van der Waals surface area contributed by atoms with Crippen molar-refractivity contribution < 1.29 is 4.92 Å². The number of nitrogens with zero attached hydrogens (tertiary/aromatic N) is 3. The number of hydrogen-bond donors (Lipinski definition) is 1. The van der Waals surface area contributed by atoms with Gasteiger partial charge < -0.3 is 5.73 Å². The highest BCUT2D eigenvalue weighted by molar-refractivity contribution is 5.59. The highest BCUT2D eigenvalue weighted by Gasteiger charge is 2.30. The largest absolute Gasteiger partial charge is 0.393 e. The van der Waals surface area contributed by atoms with E-state index >= 15 is 0 Å². The fourth-order valence-electron chi connectivity index (χ4n) is 3.30. The molecule has 0 aliphatic carbocycles. The number of benzene rings is 1. The zero-order chi connectivity index (χ0) is 14.1. The third kappa shape index (κ3) is 2.62. The molecule has 1 unspecified atom stereocenters. The molecule has 0 bridgehead atoms. The minimum Gasteiger partial charge on any atom is -0.393 e. The number of fused-ring (bicyclic) bond motifs is 1. The molecule has 6 nitrogen and oxygen atoms in total. The first-order chi connectivity index (χ1) is 9.63.